The van der Waals surface area contributed by atoms with Crippen LogP contribution in [0.1, 0.15) is 32.8 Å². The second-order valence-corrected chi connectivity index (χ2v) is 4.70. The molecule has 0 aromatic heterocycles. The Morgan fingerprint density at radius 3 is 2.70 bits per heavy atom. The van der Waals surface area contributed by atoms with Crippen molar-refractivity contribution in [2.45, 2.75) is 33.7 Å². The Morgan fingerprint density at radius 2 is 2.05 bits per heavy atom. The molecule has 4 heteroatoms. The number of anilines is 1. The van der Waals surface area contributed by atoms with E-state index in [-0.39, 0.29) is 5.82 Å². The molecule has 0 spiro atoms. The first-order chi connectivity index (χ1) is 9.74. The Morgan fingerprint density at radius 1 is 1.25 bits per heavy atom. The van der Waals surface area contributed by atoms with E-state index in [0.29, 0.717) is 32.0 Å². The highest BCUT2D eigenvalue weighted by Gasteiger charge is 2.14. The molecule has 0 aliphatic carbocycles. The van der Waals surface area contributed by atoms with Crippen molar-refractivity contribution in [1.82, 2.24) is 5.32 Å². The van der Waals surface area contributed by atoms with E-state index in [2.05, 4.69) is 12.2 Å². The maximum atomic E-state index is 14.2. The molecule has 0 bridgehead atoms. The molecule has 0 saturated heterocycles. The van der Waals surface area contributed by atoms with Crippen LogP contribution in [-0.2, 0) is 11.3 Å². The molecule has 0 aliphatic rings. The van der Waals surface area contributed by atoms with Gasteiger partial charge in [-0.3, -0.25) is 0 Å². The number of halogens is 1. The summed E-state index contributed by atoms with van der Waals surface area (Å²) in [7, 11) is 0. The standard InChI is InChI=1S/C16H27FN2O/c1-4-10-18-13-14-8-7-9-15(17)16(14)19(5-2)11-12-20-6-3/h7-9,18H,4-6,10-13H2,1-3H3. The zero-order valence-electron chi connectivity index (χ0n) is 12.9. The Balaban J connectivity index is 2.82. The van der Waals surface area contributed by atoms with Crippen LogP contribution in [0.2, 0.25) is 0 Å². The second kappa shape index (κ2) is 9.72. The van der Waals surface area contributed by atoms with Crippen molar-refractivity contribution in [2.24, 2.45) is 0 Å². The fraction of sp³-hybridized carbons (Fsp3) is 0.625. The van der Waals surface area contributed by atoms with Gasteiger partial charge in [-0.25, -0.2) is 4.39 Å². The van der Waals surface area contributed by atoms with E-state index < -0.39 is 0 Å². The smallest absolute Gasteiger partial charge is 0.146 e. The second-order valence-electron chi connectivity index (χ2n) is 4.70. The lowest BCUT2D eigenvalue weighted by Gasteiger charge is -2.26. The molecule has 1 aromatic carbocycles. The van der Waals surface area contributed by atoms with Crippen LogP contribution in [0.25, 0.3) is 0 Å². The van der Waals surface area contributed by atoms with Gasteiger partial charge in [-0.15, -0.1) is 0 Å². The van der Waals surface area contributed by atoms with Crippen molar-refractivity contribution < 1.29 is 9.13 Å². The van der Waals surface area contributed by atoms with Crippen LogP contribution in [0.15, 0.2) is 18.2 Å². The summed E-state index contributed by atoms with van der Waals surface area (Å²) in [6, 6.07) is 5.30. The van der Waals surface area contributed by atoms with Gasteiger partial charge < -0.3 is 15.0 Å². The molecule has 1 rings (SSSR count). The first-order valence-corrected chi connectivity index (χ1v) is 7.55. The summed E-state index contributed by atoms with van der Waals surface area (Å²) in [4.78, 5) is 2.05. The van der Waals surface area contributed by atoms with Gasteiger partial charge in [0.15, 0.2) is 0 Å². The Labute approximate surface area is 122 Å². The van der Waals surface area contributed by atoms with E-state index in [1.165, 1.54) is 6.07 Å². The van der Waals surface area contributed by atoms with Crippen molar-refractivity contribution in [2.75, 3.05) is 37.7 Å². The van der Waals surface area contributed by atoms with Gasteiger partial charge in [0.05, 0.1) is 12.3 Å². The number of para-hydroxylation sites is 1. The summed E-state index contributed by atoms with van der Waals surface area (Å²) in [5.41, 5.74) is 1.72. The summed E-state index contributed by atoms with van der Waals surface area (Å²) in [5, 5.41) is 3.34. The van der Waals surface area contributed by atoms with Crippen molar-refractivity contribution >= 4 is 5.69 Å². The van der Waals surface area contributed by atoms with E-state index in [4.69, 9.17) is 4.74 Å². The molecule has 0 amide bonds. The monoisotopic (exact) mass is 282 g/mol. The maximum Gasteiger partial charge on any atom is 0.146 e. The lowest BCUT2D eigenvalue weighted by molar-refractivity contribution is 0.154. The van der Waals surface area contributed by atoms with Crippen LogP contribution < -0.4 is 10.2 Å². The summed E-state index contributed by atoms with van der Waals surface area (Å²) < 4.78 is 19.6. The molecule has 114 valence electrons. The summed E-state index contributed by atoms with van der Waals surface area (Å²) in [6.45, 7) is 10.6. The number of nitrogens with zero attached hydrogens (tertiary/aromatic N) is 1. The number of benzene rings is 1. The zero-order valence-corrected chi connectivity index (χ0v) is 12.9. The fourth-order valence-electron chi connectivity index (χ4n) is 2.20. The molecule has 0 saturated carbocycles. The molecule has 0 aliphatic heterocycles. The van der Waals surface area contributed by atoms with Gasteiger partial charge in [-0.2, -0.15) is 0 Å². The molecular weight excluding hydrogens is 255 g/mol. The van der Waals surface area contributed by atoms with Gasteiger partial charge in [0, 0.05) is 26.2 Å². The van der Waals surface area contributed by atoms with E-state index in [0.717, 1.165) is 25.1 Å². The Bertz CT molecular complexity index is 385. The highest BCUT2D eigenvalue weighted by atomic mass is 19.1. The predicted octanol–water partition coefficient (Wildman–Crippen LogP) is 3.19. The van der Waals surface area contributed by atoms with Crippen LogP contribution in [0.4, 0.5) is 10.1 Å². The first kappa shape index (κ1) is 16.9. The highest BCUT2D eigenvalue weighted by molar-refractivity contribution is 5.54. The van der Waals surface area contributed by atoms with Crippen LogP contribution in [-0.4, -0.2) is 32.8 Å². The van der Waals surface area contributed by atoms with Crippen LogP contribution in [0, 0.1) is 5.82 Å². The van der Waals surface area contributed by atoms with Gasteiger partial charge >= 0.3 is 0 Å². The largest absolute Gasteiger partial charge is 0.380 e. The molecular formula is C16H27FN2O. The minimum Gasteiger partial charge on any atom is -0.380 e. The maximum absolute atomic E-state index is 14.2. The van der Waals surface area contributed by atoms with E-state index >= 15 is 0 Å². The van der Waals surface area contributed by atoms with Crippen molar-refractivity contribution in [3.63, 3.8) is 0 Å². The van der Waals surface area contributed by atoms with Crippen molar-refractivity contribution in [1.29, 1.82) is 0 Å². The number of hydrogen-bond acceptors (Lipinski definition) is 3. The van der Waals surface area contributed by atoms with Gasteiger partial charge in [-0.05, 0) is 38.4 Å². The molecule has 0 atom stereocenters. The van der Waals surface area contributed by atoms with Crippen LogP contribution in [0.5, 0.6) is 0 Å². The minimum atomic E-state index is -0.154. The van der Waals surface area contributed by atoms with Crippen LogP contribution in [0.3, 0.4) is 0 Å². The van der Waals surface area contributed by atoms with E-state index in [1.54, 1.807) is 6.07 Å². The molecule has 0 fully saturated rings. The summed E-state index contributed by atoms with van der Waals surface area (Å²) >= 11 is 0. The third-order valence-corrected chi connectivity index (χ3v) is 3.22. The van der Waals surface area contributed by atoms with Crippen molar-refractivity contribution in [3.8, 4) is 0 Å². The topological polar surface area (TPSA) is 24.5 Å². The molecule has 0 radical (unpaired) electrons. The quantitative estimate of drug-likeness (QED) is 0.667. The molecule has 1 aromatic rings. The fourth-order valence-corrected chi connectivity index (χ4v) is 2.20. The average Bonchev–Trinajstić information content (AvgIpc) is 2.45. The van der Waals surface area contributed by atoms with Crippen molar-refractivity contribution in [3.05, 3.63) is 29.6 Å². The van der Waals surface area contributed by atoms with Gasteiger partial charge in [0.25, 0.3) is 0 Å². The number of likely N-dealkylation sites (N-methyl/N-ethyl adjacent to an activating group) is 1. The Kier molecular flexibility index (Phi) is 8.23. The molecule has 0 unspecified atom stereocenters. The van der Waals surface area contributed by atoms with E-state index in [1.807, 2.05) is 24.8 Å². The predicted molar refractivity (Wildman–Crippen MR) is 82.8 cm³/mol. The average molecular weight is 282 g/mol. The summed E-state index contributed by atoms with van der Waals surface area (Å²) in [5.74, 6) is -0.154. The zero-order chi connectivity index (χ0) is 14.8. The molecule has 3 nitrogen and oxygen atoms in total. The lowest BCUT2D eigenvalue weighted by atomic mass is 10.1. The summed E-state index contributed by atoms with van der Waals surface area (Å²) in [6.07, 6.45) is 1.08. The molecule has 1 N–H and O–H groups in total. The third kappa shape index (κ3) is 5.10. The van der Waals surface area contributed by atoms with Gasteiger partial charge in [0.2, 0.25) is 0 Å². The third-order valence-electron chi connectivity index (χ3n) is 3.22. The first-order valence-electron chi connectivity index (χ1n) is 7.55. The number of nitrogens with one attached hydrogen (secondary N) is 1. The highest BCUT2D eigenvalue weighted by Crippen LogP contribution is 2.24. The molecule has 0 heterocycles. The lowest BCUT2D eigenvalue weighted by Crippen LogP contribution is -2.30. The number of ether oxygens (including phenoxy) is 1. The normalized spacial score (nSPS) is 10.8. The minimum absolute atomic E-state index is 0.154. The van der Waals surface area contributed by atoms with Gasteiger partial charge in [-0.1, -0.05) is 19.1 Å². The Hall–Kier alpha value is -1.13. The molecule has 20 heavy (non-hydrogen) atoms. The number of hydrogen-bond donors (Lipinski definition) is 1. The number of rotatable bonds is 10. The van der Waals surface area contributed by atoms with E-state index in [9.17, 15) is 4.39 Å². The SMILES string of the molecule is CCCNCc1cccc(F)c1N(CC)CCOCC. The van der Waals surface area contributed by atoms with Crippen LogP contribution >= 0.6 is 0 Å². The van der Waals surface area contributed by atoms with Gasteiger partial charge in [0.1, 0.15) is 5.82 Å².